The summed E-state index contributed by atoms with van der Waals surface area (Å²) in [6, 6.07) is 2.92. The van der Waals surface area contributed by atoms with Crippen LogP contribution in [0, 0.1) is 11.6 Å². The van der Waals surface area contributed by atoms with Crippen molar-refractivity contribution < 1.29 is 28.2 Å². The van der Waals surface area contributed by atoms with Crippen LogP contribution in [-0.2, 0) is 11.3 Å². The van der Waals surface area contributed by atoms with Crippen LogP contribution in [0.3, 0.4) is 0 Å². The number of amides is 2. The Morgan fingerprint density at radius 3 is 2.72 bits per heavy atom. The molecule has 32 heavy (non-hydrogen) atoms. The molecule has 2 aliphatic rings. The molecule has 0 saturated carbocycles. The molecule has 1 atom stereocenters. The monoisotopic (exact) mass is 448 g/mol. The molecule has 1 unspecified atom stereocenters. The van der Waals surface area contributed by atoms with Crippen LogP contribution in [-0.4, -0.2) is 59.5 Å². The normalized spacial score (nSPS) is 18.1. The Labute approximate surface area is 181 Å². The van der Waals surface area contributed by atoms with Gasteiger partial charge in [-0.25, -0.2) is 8.78 Å². The number of methoxy groups -OCH3 is 1. The first kappa shape index (κ1) is 21.8. The van der Waals surface area contributed by atoms with Crippen molar-refractivity contribution in [2.24, 2.45) is 0 Å². The zero-order valence-corrected chi connectivity index (χ0v) is 17.3. The number of benzene rings is 1. The van der Waals surface area contributed by atoms with Crippen LogP contribution in [0.5, 0.6) is 5.75 Å². The number of rotatable bonds is 4. The number of carbonyl (C=O) groups is 2. The third-order valence-electron chi connectivity index (χ3n) is 5.76. The van der Waals surface area contributed by atoms with Gasteiger partial charge in [-0.05, 0) is 18.9 Å². The van der Waals surface area contributed by atoms with E-state index in [0.717, 1.165) is 6.07 Å². The van der Waals surface area contributed by atoms with E-state index in [1.54, 1.807) is 12.1 Å². The van der Waals surface area contributed by atoms with Crippen LogP contribution >= 0.6 is 0 Å². The van der Waals surface area contributed by atoms with E-state index in [4.69, 9.17) is 4.74 Å². The highest BCUT2D eigenvalue weighted by Crippen LogP contribution is 2.24. The highest BCUT2D eigenvalue weighted by Gasteiger charge is 2.35. The fourth-order valence-corrected chi connectivity index (χ4v) is 3.91. The first-order valence-corrected chi connectivity index (χ1v) is 10.1. The summed E-state index contributed by atoms with van der Waals surface area (Å²) in [5.74, 6) is -3.80. The number of nitrogens with zero attached hydrogens (tertiary/aromatic N) is 3. The number of hydrogen-bond donors (Lipinski definition) is 2. The van der Waals surface area contributed by atoms with E-state index in [1.807, 2.05) is 0 Å². The van der Waals surface area contributed by atoms with Gasteiger partial charge >= 0.3 is 0 Å². The van der Waals surface area contributed by atoms with Gasteiger partial charge in [-0.2, -0.15) is 0 Å². The van der Waals surface area contributed by atoms with Gasteiger partial charge in [-0.15, -0.1) is 0 Å². The molecule has 2 bridgehead atoms. The molecule has 1 aromatic heterocycles. The minimum Gasteiger partial charge on any atom is -0.502 e. The third kappa shape index (κ3) is 3.91. The largest absolute Gasteiger partial charge is 0.502 e. The summed E-state index contributed by atoms with van der Waals surface area (Å²) in [6.07, 6.45) is 2.42. The smallest absolute Gasteiger partial charge is 0.277 e. The Balaban J connectivity index is 1.65. The number of hydrogen-bond acceptors (Lipinski definition) is 6. The molecule has 2 aliphatic heterocycles. The predicted molar refractivity (Wildman–Crippen MR) is 109 cm³/mol. The van der Waals surface area contributed by atoms with Crippen molar-refractivity contribution >= 4 is 11.8 Å². The average Bonchev–Trinajstić information content (AvgIpc) is 2.75. The zero-order chi connectivity index (χ0) is 23.0. The van der Waals surface area contributed by atoms with Gasteiger partial charge in [-0.3, -0.25) is 24.1 Å². The van der Waals surface area contributed by atoms with Crippen molar-refractivity contribution in [2.75, 3.05) is 31.9 Å². The minimum atomic E-state index is -1.00. The van der Waals surface area contributed by atoms with Gasteiger partial charge in [0, 0.05) is 44.6 Å². The molecule has 11 heteroatoms. The van der Waals surface area contributed by atoms with Gasteiger partial charge in [0.1, 0.15) is 23.9 Å². The third-order valence-corrected chi connectivity index (χ3v) is 5.76. The maximum atomic E-state index is 13.8. The van der Waals surface area contributed by atoms with E-state index in [-0.39, 0.29) is 30.6 Å². The second kappa shape index (κ2) is 8.58. The molecule has 1 fully saturated rings. The number of carbonyl (C=O) groups excluding carboxylic acids is 2. The van der Waals surface area contributed by atoms with Crippen LogP contribution in [0.1, 0.15) is 39.3 Å². The van der Waals surface area contributed by atoms with E-state index in [9.17, 15) is 28.3 Å². The average molecular weight is 448 g/mol. The van der Waals surface area contributed by atoms with E-state index < -0.39 is 40.2 Å². The molecule has 170 valence electrons. The van der Waals surface area contributed by atoms with E-state index in [1.165, 1.54) is 21.8 Å². The lowest BCUT2D eigenvalue weighted by molar-refractivity contribution is 0.0473. The molecule has 0 radical (unpaired) electrons. The van der Waals surface area contributed by atoms with Crippen molar-refractivity contribution in [1.29, 1.82) is 0 Å². The van der Waals surface area contributed by atoms with Gasteiger partial charge in [-0.1, -0.05) is 6.07 Å². The standard InChI is InChI=1S/C21H22F2N4O5/c1-32-14-4-6-25-11-26(7-5-14)27-10-15(18(28)19(29)17(27)21(25)31)20(30)24-9-12-2-3-13(22)8-16(12)23/h2-3,8,10,14,29H,4-7,9,11H2,1H3,(H,24,30). The lowest BCUT2D eigenvalue weighted by Gasteiger charge is -2.42. The van der Waals surface area contributed by atoms with Gasteiger partial charge in [0.05, 0.1) is 6.10 Å². The summed E-state index contributed by atoms with van der Waals surface area (Å²) in [4.78, 5) is 39.7. The first-order valence-electron chi connectivity index (χ1n) is 10.1. The van der Waals surface area contributed by atoms with Gasteiger partial charge in [0.2, 0.25) is 5.43 Å². The predicted octanol–water partition coefficient (Wildman–Crippen LogP) is 0.922. The summed E-state index contributed by atoms with van der Waals surface area (Å²) in [5, 5.41) is 14.6. The molecule has 9 nitrogen and oxygen atoms in total. The highest BCUT2D eigenvalue weighted by molar-refractivity contribution is 5.99. The number of ether oxygens (including phenoxy) is 1. The maximum Gasteiger partial charge on any atom is 0.277 e. The second-order valence-electron chi connectivity index (χ2n) is 7.71. The molecule has 2 amide bonds. The number of fused-ring (bicyclic) bond motifs is 4. The van der Waals surface area contributed by atoms with Crippen LogP contribution < -0.4 is 15.8 Å². The lowest BCUT2D eigenvalue weighted by atomic mass is 10.1. The molecule has 1 saturated heterocycles. The van der Waals surface area contributed by atoms with Crippen LogP contribution in [0.4, 0.5) is 8.78 Å². The lowest BCUT2D eigenvalue weighted by Crippen LogP contribution is -2.56. The molecule has 1 aromatic carbocycles. The molecule has 0 spiro atoms. The van der Waals surface area contributed by atoms with Crippen molar-refractivity contribution in [3.05, 3.63) is 63.1 Å². The fourth-order valence-electron chi connectivity index (χ4n) is 3.91. The summed E-state index contributed by atoms with van der Waals surface area (Å²) in [6.45, 7) is 0.789. The molecule has 2 N–H and O–H groups in total. The maximum absolute atomic E-state index is 13.8. The van der Waals surface area contributed by atoms with Crippen LogP contribution in [0.15, 0.2) is 29.2 Å². The fraction of sp³-hybridized carbons (Fsp3) is 0.381. The SMILES string of the molecule is COC1CCN2CN(CC1)n1cc(C(=O)NCc3ccc(F)cc3F)c(=O)c(O)c1C2=O. The number of nitrogens with one attached hydrogen (secondary N) is 1. The van der Waals surface area contributed by atoms with E-state index in [2.05, 4.69) is 5.32 Å². The second-order valence-corrected chi connectivity index (χ2v) is 7.71. The van der Waals surface area contributed by atoms with Crippen molar-refractivity contribution in [2.45, 2.75) is 25.5 Å². The minimum absolute atomic E-state index is 0.0298. The summed E-state index contributed by atoms with van der Waals surface area (Å²) >= 11 is 0. The van der Waals surface area contributed by atoms with E-state index >= 15 is 0 Å². The Morgan fingerprint density at radius 2 is 2.00 bits per heavy atom. The van der Waals surface area contributed by atoms with Gasteiger partial charge < -0.3 is 20.1 Å². The van der Waals surface area contributed by atoms with Crippen LogP contribution in [0.2, 0.25) is 0 Å². The topological polar surface area (TPSA) is 104 Å². The van der Waals surface area contributed by atoms with Gasteiger partial charge in [0.15, 0.2) is 11.4 Å². The van der Waals surface area contributed by atoms with Crippen molar-refractivity contribution in [3.8, 4) is 5.75 Å². The van der Waals surface area contributed by atoms with E-state index in [0.29, 0.717) is 32.0 Å². The van der Waals surface area contributed by atoms with Gasteiger partial charge in [0.25, 0.3) is 11.8 Å². The quantitative estimate of drug-likeness (QED) is 0.721. The summed E-state index contributed by atoms with van der Waals surface area (Å²) in [5.41, 5.74) is -1.59. The molecule has 0 aliphatic carbocycles. The molecule has 4 rings (SSSR count). The molecular formula is C21H22F2N4O5. The Hall–Kier alpha value is -3.47. The number of aromatic hydroxyl groups is 1. The summed E-state index contributed by atoms with van der Waals surface area (Å²) < 4.78 is 33.6. The molecule has 3 heterocycles. The number of pyridine rings is 1. The van der Waals surface area contributed by atoms with Crippen LogP contribution in [0.25, 0.3) is 0 Å². The van der Waals surface area contributed by atoms with Crippen molar-refractivity contribution in [1.82, 2.24) is 14.9 Å². The van der Waals surface area contributed by atoms with Crippen molar-refractivity contribution in [3.63, 3.8) is 0 Å². The Morgan fingerprint density at radius 1 is 1.25 bits per heavy atom. The number of halogens is 2. The highest BCUT2D eigenvalue weighted by atomic mass is 19.1. The molecular weight excluding hydrogens is 426 g/mol. The first-order chi connectivity index (χ1) is 15.3. The zero-order valence-electron chi connectivity index (χ0n) is 17.3. The Kier molecular flexibility index (Phi) is 5.83. The molecule has 2 aromatic rings. The Bertz CT molecular complexity index is 1140. The summed E-state index contributed by atoms with van der Waals surface area (Å²) in [7, 11) is 1.59. The number of aromatic nitrogens is 1.